The van der Waals surface area contributed by atoms with Crippen molar-refractivity contribution in [2.45, 2.75) is 20.0 Å². The molecule has 0 N–H and O–H groups in total. The number of halogens is 3. The van der Waals surface area contributed by atoms with E-state index in [4.69, 9.17) is 9.47 Å². The summed E-state index contributed by atoms with van der Waals surface area (Å²) >= 11 is 0. The van der Waals surface area contributed by atoms with Crippen LogP contribution in [0, 0.1) is 13.8 Å². The number of hydrogen-bond donors (Lipinski definition) is 0. The summed E-state index contributed by atoms with van der Waals surface area (Å²) < 4.78 is 51.9. The number of rotatable bonds is 2. The highest BCUT2D eigenvalue weighted by Crippen LogP contribution is 2.42. The van der Waals surface area contributed by atoms with Crippen molar-refractivity contribution in [2.75, 3.05) is 6.79 Å². The average molecular weight is 360 g/mol. The molecule has 7 heteroatoms. The quantitative estimate of drug-likeness (QED) is 0.652. The van der Waals surface area contributed by atoms with Crippen LogP contribution in [0.3, 0.4) is 0 Å². The molecule has 0 fully saturated rings. The molecule has 0 amide bonds. The number of aryl methyl sites for hydroxylation is 1. The zero-order valence-electron chi connectivity index (χ0n) is 14.1. The molecule has 26 heavy (non-hydrogen) atoms. The summed E-state index contributed by atoms with van der Waals surface area (Å²) in [5.41, 5.74) is 2.29. The van der Waals surface area contributed by atoms with Crippen LogP contribution in [0.15, 0.2) is 42.5 Å². The average Bonchev–Trinajstić information content (AvgIpc) is 3.22. The number of fused-ring (bicyclic) bond motifs is 1. The fourth-order valence-corrected chi connectivity index (χ4v) is 2.98. The topological polar surface area (TPSA) is 36.3 Å². The normalized spacial score (nSPS) is 13.3. The lowest BCUT2D eigenvalue weighted by molar-refractivity contribution is -0.141. The second-order valence-electron chi connectivity index (χ2n) is 6.13. The Morgan fingerprint density at radius 1 is 1.00 bits per heavy atom. The lowest BCUT2D eigenvalue weighted by Gasteiger charge is -2.11. The molecule has 1 aliphatic heterocycles. The summed E-state index contributed by atoms with van der Waals surface area (Å²) in [5.74, 6) is 1.14. The summed E-state index contributed by atoms with van der Waals surface area (Å²) in [5, 5.41) is 3.81. The molecule has 0 unspecified atom stereocenters. The van der Waals surface area contributed by atoms with Crippen LogP contribution in [0.25, 0.3) is 16.9 Å². The third-order valence-electron chi connectivity index (χ3n) is 4.34. The summed E-state index contributed by atoms with van der Waals surface area (Å²) in [7, 11) is 0. The zero-order valence-corrected chi connectivity index (χ0v) is 14.1. The number of aromatic nitrogens is 2. The minimum atomic E-state index is -4.53. The van der Waals surface area contributed by atoms with Crippen molar-refractivity contribution in [3.8, 4) is 28.4 Å². The first-order chi connectivity index (χ1) is 12.3. The lowest BCUT2D eigenvalue weighted by Crippen LogP contribution is -2.07. The summed E-state index contributed by atoms with van der Waals surface area (Å²) in [6, 6.07) is 11.6. The fourth-order valence-electron chi connectivity index (χ4n) is 2.98. The molecule has 1 aliphatic rings. The van der Waals surface area contributed by atoms with Crippen LogP contribution in [-0.2, 0) is 6.18 Å². The van der Waals surface area contributed by atoms with E-state index in [9.17, 15) is 13.2 Å². The van der Waals surface area contributed by atoms with Crippen molar-refractivity contribution < 1.29 is 22.6 Å². The van der Waals surface area contributed by atoms with Gasteiger partial charge < -0.3 is 9.47 Å². The molecule has 0 radical (unpaired) electrons. The molecule has 0 saturated carbocycles. The lowest BCUT2D eigenvalue weighted by atomic mass is 10.0. The van der Waals surface area contributed by atoms with E-state index in [0.717, 1.165) is 11.6 Å². The highest BCUT2D eigenvalue weighted by atomic mass is 19.4. The van der Waals surface area contributed by atoms with Gasteiger partial charge in [0.05, 0.1) is 11.4 Å². The predicted octanol–water partition coefficient (Wildman–Crippen LogP) is 4.90. The number of benzene rings is 2. The molecule has 134 valence electrons. The molecule has 4 nitrogen and oxygen atoms in total. The molecule has 0 saturated heterocycles. The minimum absolute atomic E-state index is 0.102. The third-order valence-corrected chi connectivity index (χ3v) is 4.34. The van der Waals surface area contributed by atoms with Crippen LogP contribution in [0.4, 0.5) is 13.2 Å². The van der Waals surface area contributed by atoms with Crippen LogP contribution >= 0.6 is 0 Å². The molecule has 0 spiro atoms. The Bertz CT molecular complexity index is 976. The van der Waals surface area contributed by atoms with Gasteiger partial charge in [0.15, 0.2) is 17.2 Å². The molecule has 0 atom stereocenters. The van der Waals surface area contributed by atoms with Crippen molar-refractivity contribution >= 4 is 0 Å². The van der Waals surface area contributed by atoms with Crippen LogP contribution in [0.5, 0.6) is 11.5 Å². The van der Waals surface area contributed by atoms with Gasteiger partial charge in [0.2, 0.25) is 6.79 Å². The highest BCUT2D eigenvalue weighted by Gasteiger charge is 2.35. The van der Waals surface area contributed by atoms with E-state index in [1.165, 1.54) is 4.68 Å². The molecule has 2 aromatic carbocycles. The van der Waals surface area contributed by atoms with E-state index < -0.39 is 11.9 Å². The van der Waals surface area contributed by atoms with Crippen LogP contribution in [0.2, 0.25) is 0 Å². The second-order valence-corrected chi connectivity index (χ2v) is 6.13. The van der Waals surface area contributed by atoms with Crippen molar-refractivity contribution in [3.05, 3.63) is 59.3 Å². The van der Waals surface area contributed by atoms with E-state index in [0.29, 0.717) is 34.0 Å². The first-order valence-electron chi connectivity index (χ1n) is 7.98. The molecule has 4 rings (SSSR count). The van der Waals surface area contributed by atoms with E-state index >= 15 is 0 Å². The summed E-state index contributed by atoms with van der Waals surface area (Å²) in [6.07, 6.45) is -4.53. The summed E-state index contributed by atoms with van der Waals surface area (Å²) in [6.45, 7) is 3.81. The number of alkyl halides is 3. The Hall–Kier alpha value is -2.96. The molecule has 0 bridgehead atoms. The number of ether oxygens (including phenoxy) is 2. The maximum absolute atomic E-state index is 13.3. The van der Waals surface area contributed by atoms with Gasteiger partial charge in [0.1, 0.15) is 0 Å². The Kier molecular flexibility index (Phi) is 3.68. The smallest absolute Gasteiger partial charge is 0.435 e. The Labute approximate surface area is 147 Å². The Balaban J connectivity index is 1.93. The third kappa shape index (κ3) is 2.69. The van der Waals surface area contributed by atoms with Crippen molar-refractivity contribution in [2.24, 2.45) is 0 Å². The molecule has 0 aliphatic carbocycles. The van der Waals surface area contributed by atoms with Crippen LogP contribution in [-0.4, -0.2) is 16.6 Å². The molecular weight excluding hydrogens is 345 g/mol. The minimum Gasteiger partial charge on any atom is -0.454 e. The number of nitrogens with zero attached hydrogens (tertiary/aromatic N) is 2. The first-order valence-corrected chi connectivity index (χ1v) is 7.98. The van der Waals surface area contributed by atoms with Crippen LogP contribution < -0.4 is 9.47 Å². The Morgan fingerprint density at radius 2 is 1.73 bits per heavy atom. The molecule has 2 heterocycles. The Morgan fingerprint density at radius 3 is 2.42 bits per heavy atom. The van der Waals surface area contributed by atoms with E-state index in [-0.39, 0.29) is 6.79 Å². The SMILES string of the molecule is Cc1ccc(-n2nc(C(F)(F)F)cc2-c2ccc3c(c2C)OCO3)cc1. The molecule has 3 aromatic rings. The molecule has 1 aromatic heterocycles. The van der Waals surface area contributed by atoms with Gasteiger partial charge in [-0.1, -0.05) is 17.7 Å². The van der Waals surface area contributed by atoms with E-state index in [2.05, 4.69) is 5.10 Å². The van der Waals surface area contributed by atoms with Gasteiger partial charge in [0.25, 0.3) is 0 Å². The second kappa shape index (κ2) is 5.79. The monoisotopic (exact) mass is 360 g/mol. The predicted molar refractivity (Wildman–Crippen MR) is 89.6 cm³/mol. The van der Waals surface area contributed by atoms with Gasteiger partial charge in [-0.05, 0) is 44.2 Å². The van der Waals surface area contributed by atoms with Gasteiger partial charge in [-0.15, -0.1) is 0 Å². The number of hydrogen-bond acceptors (Lipinski definition) is 3. The largest absolute Gasteiger partial charge is 0.454 e. The van der Waals surface area contributed by atoms with Crippen molar-refractivity contribution in [1.29, 1.82) is 0 Å². The first kappa shape index (κ1) is 16.5. The van der Waals surface area contributed by atoms with Gasteiger partial charge in [-0.3, -0.25) is 0 Å². The standard InChI is InChI=1S/C19H15F3N2O2/c1-11-3-5-13(6-4-11)24-15(9-17(23-24)19(20,21)22)14-7-8-16-18(12(14)2)26-10-25-16/h3-9H,10H2,1-2H3. The van der Waals surface area contributed by atoms with Gasteiger partial charge >= 0.3 is 6.18 Å². The zero-order chi connectivity index (χ0) is 18.5. The maximum atomic E-state index is 13.3. The van der Waals surface area contributed by atoms with Crippen LogP contribution in [0.1, 0.15) is 16.8 Å². The summed E-state index contributed by atoms with van der Waals surface area (Å²) in [4.78, 5) is 0. The highest BCUT2D eigenvalue weighted by molar-refractivity contribution is 5.72. The maximum Gasteiger partial charge on any atom is 0.435 e. The van der Waals surface area contributed by atoms with Crippen molar-refractivity contribution in [1.82, 2.24) is 9.78 Å². The van der Waals surface area contributed by atoms with Gasteiger partial charge in [-0.25, -0.2) is 4.68 Å². The van der Waals surface area contributed by atoms with E-state index in [1.54, 1.807) is 31.2 Å². The molecular formula is C19H15F3N2O2. The van der Waals surface area contributed by atoms with E-state index in [1.807, 2.05) is 19.1 Å². The van der Waals surface area contributed by atoms with Gasteiger partial charge in [0, 0.05) is 11.1 Å². The van der Waals surface area contributed by atoms with Crippen molar-refractivity contribution in [3.63, 3.8) is 0 Å². The fraction of sp³-hybridized carbons (Fsp3) is 0.211. The van der Waals surface area contributed by atoms with Gasteiger partial charge in [-0.2, -0.15) is 18.3 Å².